The SMILES string of the molecule is CC1=C2[C@@H](CC/C(=C/c3ccc(O)cc3)c3ccccn3)OB(O)C[C@@H]2[C@@H]2C(=O)N(c3cc(C(F)(F)F)cc(C(F)(F)F)c3)C(=O)[C@@H]2C1. The molecule has 2 aliphatic heterocycles. The summed E-state index contributed by atoms with van der Waals surface area (Å²) in [4.78, 5) is 32.4. The van der Waals surface area contributed by atoms with Crippen molar-refractivity contribution >= 4 is 36.3 Å². The number of hydrogen-bond acceptors (Lipinski definition) is 6. The maximum atomic E-state index is 13.9. The minimum absolute atomic E-state index is 0.0507. The molecule has 6 rings (SSSR count). The Morgan fingerprint density at radius 1 is 0.979 bits per heavy atom. The maximum absolute atomic E-state index is 13.9. The van der Waals surface area contributed by atoms with Gasteiger partial charge in [-0.05, 0) is 104 Å². The number of benzene rings is 2. The molecule has 3 aromatic rings. The quantitative estimate of drug-likeness (QED) is 0.125. The zero-order chi connectivity index (χ0) is 34.5. The van der Waals surface area contributed by atoms with Crippen LogP contribution in [0.5, 0.6) is 5.75 Å². The molecule has 250 valence electrons. The van der Waals surface area contributed by atoms with Crippen molar-refractivity contribution in [3.8, 4) is 5.75 Å². The standard InChI is InChI=1S/C34H29BF6N2O5/c1-18-12-25-30(32(46)43(31(25)45)23-15-21(33(36,37)38)14-22(16-23)34(39,40)41)26-17-35(47)48-28(29(18)26)10-7-20(27-4-2-3-11-42-27)13-19-5-8-24(44)9-6-19/h2-6,8-9,11,13-16,25-26,28,30,44,47H,7,10,12,17H2,1H3/b20-13-/t25-,26+,28-,30-/m1/s1. The van der Waals surface area contributed by atoms with Crippen LogP contribution in [0.1, 0.15) is 48.6 Å². The Balaban J connectivity index is 1.31. The molecule has 0 spiro atoms. The van der Waals surface area contributed by atoms with Crippen molar-refractivity contribution in [3.05, 3.63) is 100 Å². The number of alkyl halides is 6. The molecule has 2 N–H and O–H groups in total. The highest BCUT2D eigenvalue weighted by atomic mass is 19.4. The van der Waals surface area contributed by atoms with Crippen molar-refractivity contribution < 1.29 is 50.7 Å². The van der Waals surface area contributed by atoms with E-state index >= 15 is 0 Å². The first-order valence-corrected chi connectivity index (χ1v) is 15.2. The fraction of sp³-hybridized carbons (Fsp3) is 0.324. The van der Waals surface area contributed by atoms with Crippen molar-refractivity contribution in [1.29, 1.82) is 0 Å². The van der Waals surface area contributed by atoms with Gasteiger partial charge in [0.15, 0.2) is 0 Å². The minimum Gasteiger partial charge on any atom is -0.508 e. The van der Waals surface area contributed by atoms with E-state index in [-0.39, 0.29) is 24.6 Å². The number of hydrogen-bond donors (Lipinski definition) is 2. The summed E-state index contributed by atoms with van der Waals surface area (Å²) in [6, 6.07) is 12.7. The second-order valence-corrected chi connectivity index (χ2v) is 12.3. The van der Waals surface area contributed by atoms with Gasteiger partial charge in [0, 0.05) is 6.20 Å². The average molecular weight is 670 g/mol. The predicted octanol–water partition coefficient (Wildman–Crippen LogP) is 7.17. The molecule has 0 radical (unpaired) electrons. The molecule has 2 aromatic carbocycles. The Morgan fingerprint density at radius 2 is 1.65 bits per heavy atom. The zero-order valence-corrected chi connectivity index (χ0v) is 25.4. The van der Waals surface area contributed by atoms with Gasteiger partial charge in [-0.1, -0.05) is 23.8 Å². The molecule has 2 amide bonds. The summed E-state index contributed by atoms with van der Waals surface area (Å²) >= 11 is 0. The number of carbonyl (C=O) groups is 2. The lowest BCUT2D eigenvalue weighted by atomic mass is 9.58. The molecule has 1 aliphatic carbocycles. The van der Waals surface area contributed by atoms with Crippen molar-refractivity contribution in [2.75, 3.05) is 4.90 Å². The summed E-state index contributed by atoms with van der Waals surface area (Å²) in [5.74, 6) is -4.56. The second kappa shape index (κ2) is 12.6. The summed E-state index contributed by atoms with van der Waals surface area (Å²) in [6.45, 7) is 1.75. The number of rotatable bonds is 6. The molecule has 7 nitrogen and oxygen atoms in total. The van der Waals surface area contributed by atoms with Gasteiger partial charge in [0.1, 0.15) is 5.75 Å². The van der Waals surface area contributed by atoms with Crippen LogP contribution in [-0.2, 0) is 26.6 Å². The summed E-state index contributed by atoms with van der Waals surface area (Å²) in [5.41, 5.74) is -0.379. The number of fused-ring (bicyclic) bond motifs is 3. The van der Waals surface area contributed by atoms with Gasteiger partial charge in [-0.2, -0.15) is 26.3 Å². The van der Waals surface area contributed by atoms with Crippen LogP contribution in [0.2, 0.25) is 6.32 Å². The number of pyridine rings is 1. The smallest absolute Gasteiger partial charge is 0.455 e. The third-order valence-corrected chi connectivity index (χ3v) is 9.19. The Morgan fingerprint density at radius 3 is 2.25 bits per heavy atom. The number of phenols is 1. The van der Waals surface area contributed by atoms with E-state index in [9.17, 15) is 46.1 Å². The summed E-state index contributed by atoms with van der Waals surface area (Å²) in [5, 5.41) is 20.5. The molecule has 48 heavy (non-hydrogen) atoms. The molecule has 14 heteroatoms. The number of allylic oxidation sites excluding steroid dienone is 2. The van der Waals surface area contributed by atoms with Crippen LogP contribution in [-0.4, -0.2) is 40.2 Å². The van der Waals surface area contributed by atoms with Crippen LogP contribution in [0.15, 0.2) is 78.0 Å². The molecule has 0 unspecified atom stereocenters. The van der Waals surface area contributed by atoms with E-state index in [1.807, 2.05) is 18.2 Å². The van der Waals surface area contributed by atoms with Gasteiger partial charge in [0.25, 0.3) is 0 Å². The Kier molecular flexibility index (Phi) is 8.75. The zero-order valence-electron chi connectivity index (χ0n) is 25.4. The van der Waals surface area contributed by atoms with Crippen molar-refractivity contribution in [2.45, 2.75) is 51.0 Å². The van der Waals surface area contributed by atoms with Gasteiger partial charge in [0.05, 0.1) is 40.4 Å². The summed E-state index contributed by atoms with van der Waals surface area (Å²) in [7, 11) is -1.34. The molecule has 0 bridgehead atoms. The highest BCUT2D eigenvalue weighted by Gasteiger charge is 2.57. The molecular formula is C34H29BF6N2O5. The fourth-order valence-corrected chi connectivity index (χ4v) is 7.13. The highest BCUT2D eigenvalue weighted by Crippen LogP contribution is 2.52. The van der Waals surface area contributed by atoms with Crippen LogP contribution in [0.25, 0.3) is 11.6 Å². The van der Waals surface area contributed by atoms with Gasteiger partial charge < -0.3 is 14.8 Å². The Bertz CT molecular complexity index is 1760. The minimum atomic E-state index is -5.16. The Labute approximate surface area is 271 Å². The predicted molar refractivity (Wildman–Crippen MR) is 164 cm³/mol. The molecule has 3 heterocycles. The van der Waals surface area contributed by atoms with Gasteiger partial charge in [-0.3, -0.25) is 14.6 Å². The number of halogens is 6. The summed E-state index contributed by atoms with van der Waals surface area (Å²) in [6.07, 6.45) is -6.79. The Hall–Kier alpha value is -4.43. The van der Waals surface area contributed by atoms with Crippen LogP contribution >= 0.6 is 0 Å². The summed E-state index contributed by atoms with van der Waals surface area (Å²) < 4.78 is 87.7. The van der Waals surface area contributed by atoms with Gasteiger partial charge in [-0.15, -0.1) is 0 Å². The first-order valence-electron chi connectivity index (χ1n) is 15.2. The number of anilines is 1. The molecule has 2 saturated heterocycles. The van der Waals surface area contributed by atoms with Gasteiger partial charge in [-0.25, -0.2) is 4.90 Å². The number of amides is 2. The fourth-order valence-electron chi connectivity index (χ4n) is 7.13. The van der Waals surface area contributed by atoms with E-state index < -0.39 is 72.0 Å². The molecule has 0 saturated carbocycles. The number of aromatic hydroxyl groups is 1. The molecule has 3 aliphatic rings. The molecule has 1 aromatic heterocycles. The number of carbonyl (C=O) groups excluding carboxylic acids is 2. The van der Waals surface area contributed by atoms with Crippen molar-refractivity contribution in [3.63, 3.8) is 0 Å². The van der Waals surface area contributed by atoms with Crippen LogP contribution in [0, 0.1) is 17.8 Å². The first-order chi connectivity index (χ1) is 22.6. The van der Waals surface area contributed by atoms with Crippen LogP contribution in [0.3, 0.4) is 0 Å². The van der Waals surface area contributed by atoms with Crippen molar-refractivity contribution in [2.24, 2.45) is 17.8 Å². The highest BCUT2D eigenvalue weighted by molar-refractivity contribution is 6.43. The van der Waals surface area contributed by atoms with Crippen LogP contribution < -0.4 is 4.90 Å². The number of aromatic nitrogens is 1. The van der Waals surface area contributed by atoms with E-state index in [0.29, 0.717) is 46.7 Å². The molecule has 4 atom stereocenters. The van der Waals surface area contributed by atoms with E-state index in [1.54, 1.807) is 43.5 Å². The third-order valence-electron chi connectivity index (χ3n) is 9.19. The van der Waals surface area contributed by atoms with Gasteiger partial charge in [0.2, 0.25) is 11.8 Å². The van der Waals surface area contributed by atoms with E-state index in [2.05, 4.69) is 4.98 Å². The molecular weight excluding hydrogens is 641 g/mol. The lowest BCUT2D eigenvalue weighted by Gasteiger charge is -2.42. The van der Waals surface area contributed by atoms with Gasteiger partial charge >= 0.3 is 19.5 Å². The van der Waals surface area contributed by atoms with E-state index in [0.717, 1.165) is 11.1 Å². The van der Waals surface area contributed by atoms with Crippen LogP contribution in [0.4, 0.5) is 32.0 Å². The third kappa shape index (κ3) is 6.51. The second-order valence-electron chi connectivity index (χ2n) is 12.3. The number of nitrogens with zero attached hydrogens (tertiary/aromatic N) is 2. The van der Waals surface area contributed by atoms with Crippen molar-refractivity contribution in [1.82, 2.24) is 4.98 Å². The molecule has 2 fully saturated rings. The monoisotopic (exact) mass is 670 g/mol. The number of phenolic OH excluding ortho intramolecular Hbond substituents is 1. The average Bonchev–Trinajstić information content (AvgIpc) is 3.28. The normalized spacial score (nSPS) is 23.5. The first kappa shape index (κ1) is 33.5. The topological polar surface area (TPSA) is 100.0 Å². The maximum Gasteiger partial charge on any atom is 0.455 e. The largest absolute Gasteiger partial charge is 0.508 e. The lowest BCUT2D eigenvalue weighted by molar-refractivity contribution is -0.143. The van der Waals surface area contributed by atoms with E-state index in [4.69, 9.17) is 4.65 Å². The van der Waals surface area contributed by atoms with E-state index in [1.165, 1.54) is 0 Å². The lowest BCUT2D eigenvalue weighted by Crippen LogP contribution is -2.46. The number of imide groups is 1.